The first kappa shape index (κ1) is 21.6. The van der Waals surface area contributed by atoms with E-state index in [1.807, 2.05) is 19.1 Å². The molecule has 0 saturated carbocycles. The van der Waals surface area contributed by atoms with Gasteiger partial charge in [-0.15, -0.1) is 0 Å². The average Bonchev–Trinajstić information content (AvgIpc) is 2.73. The second kappa shape index (κ2) is 9.15. The Morgan fingerprint density at radius 1 is 1.03 bits per heavy atom. The highest BCUT2D eigenvalue weighted by Crippen LogP contribution is 2.28. The largest absolute Gasteiger partial charge is 0.493 e. The van der Waals surface area contributed by atoms with E-state index in [-0.39, 0.29) is 30.5 Å². The van der Waals surface area contributed by atoms with Gasteiger partial charge in [-0.05, 0) is 48.9 Å². The number of hydrogen-bond donors (Lipinski definition) is 0. The SMILES string of the molecule is COc1cc(C)ccc1OCC(=O)N1CCN(S(=O)(=O)c2ccc(Br)cc2)CC1. The Hall–Kier alpha value is -2.10. The number of methoxy groups -OCH3 is 1. The molecule has 0 radical (unpaired) electrons. The average molecular weight is 483 g/mol. The number of hydrogen-bond acceptors (Lipinski definition) is 5. The lowest BCUT2D eigenvalue weighted by molar-refractivity contribution is -0.134. The summed E-state index contributed by atoms with van der Waals surface area (Å²) in [5.74, 6) is 0.888. The van der Waals surface area contributed by atoms with E-state index >= 15 is 0 Å². The van der Waals surface area contributed by atoms with Gasteiger partial charge in [0.05, 0.1) is 12.0 Å². The molecule has 3 rings (SSSR count). The summed E-state index contributed by atoms with van der Waals surface area (Å²) in [6.45, 7) is 2.96. The van der Waals surface area contributed by atoms with Gasteiger partial charge in [0, 0.05) is 30.7 Å². The molecular weight excluding hydrogens is 460 g/mol. The Balaban J connectivity index is 1.56. The minimum atomic E-state index is -3.57. The molecule has 1 saturated heterocycles. The third-order valence-corrected chi connectivity index (χ3v) is 7.15. The molecule has 0 N–H and O–H groups in total. The van der Waals surface area contributed by atoms with E-state index in [0.717, 1.165) is 10.0 Å². The molecule has 7 nitrogen and oxygen atoms in total. The van der Waals surface area contributed by atoms with E-state index in [1.165, 1.54) is 4.31 Å². The van der Waals surface area contributed by atoms with Crippen LogP contribution in [0.4, 0.5) is 0 Å². The van der Waals surface area contributed by atoms with Crippen molar-refractivity contribution in [3.05, 3.63) is 52.5 Å². The molecule has 0 atom stereocenters. The first-order valence-electron chi connectivity index (χ1n) is 9.12. The van der Waals surface area contributed by atoms with Crippen molar-refractivity contribution < 1.29 is 22.7 Å². The molecule has 1 aliphatic rings. The molecule has 1 aliphatic heterocycles. The maximum atomic E-state index is 12.8. The van der Waals surface area contributed by atoms with Crippen LogP contribution in [-0.4, -0.2) is 63.4 Å². The van der Waals surface area contributed by atoms with Crippen LogP contribution >= 0.6 is 15.9 Å². The van der Waals surface area contributed by atoms with Gasteiger partial charge in [-0.1, -0.05) is 22.0 Å². The zero-order valence-electron chi connectivity index (χ0n) is 16.3. The summed E-state index contributed by atoms with van der Waals surface area (Å²) in [5.41, 5.74) is 1.03. The number of benzene rings is 2. The van der Waals surface area contributed by atoms with Crippen LogP contribution in [0.3, 0.4) is 0 Å². The van der Waals surface area contributed by atoms with Crippen molar-refractivity contribution in [2.24, 2.45) is 0 Å². The minimum Gasteiger partial charge on any atom is -0.493 e. The molecule has 0 bridgehead atoms. The molecule has 29 heavy (non-hydrogen) atoms. The summed E-state index contributed by atoms with van der Waals surface area (Å²) < 4.78 is 38.6. The van der Waals surface area contributed by atoms with Crippen LogP contribution in [0.1, 0.15) is 5.56 Å². The predicted molar refractivity (Wildman–Crippen MR) is 113 cm³/mol. The highest BCUT2D eigenvalue weighted by Gasteiger charge is 2.30. The van der Waals surface area contributed by atoms with Gasteiger partial charge in [-0.3, -0.25) is 4.79 Å². The van der Waals surface area contributed by atoms with Gasteiger partial charge in [-0.25, -0.2) is 8.42 Å². The number of amides is 1. The fourth-order valence-corrected chi connectivity index (χ4v) is 4.74. The molecule has 156 valence electrons. The minimum absolute atomic E-state index is 0.126. The van der Waals surface area contributed by atoms with E-state index in [0.29, 0.717) is 24.6 Å². The predicted octanol–water partition coefficient (Wildman–Crippen LogP) is 2.68. The van der Waals surface area contributed by atoms with Crippen molar-refractivity contribution in [2.75, 3.05) is 39.9 Å². The first-order valence-corrected chi connectivity index (χ1v) is 11.4. The van der Waals surface area contributed by atoms with Gasteiger partial charge in [0.25, 0.3) is 5.91 Å². The molecule has 0 spiro atoms. The van der Waals surface area contributed by atoms with Crippen LogP contribution < -0.4 is 9.47 Å². The Kier molecular flexibility index (Phi) is 6.81. The number of carbonyl (C=O) groups is 1. The Labute approximate surface area is 179 Å². The Bertz CT molecular complexity index is 971. The number of carbonyl (C=O) groups excluding carboxylic acids is 1. The van der Waals surface area contributed by atoms with Gasteiger partial charge in [0.2, 0.25) is 10.0 Å². The lowest BCUT2D eigenvalue weighted by Gasteiger charge is -2.34. The van der Waals surface area contributed by atoms with Crippen molar-refractivity contribution in [3.8, 4) is 11.5 Å². The van der Waals surface area contributed by atoms with Crippen LogP contribution in [0, 0.1) is 6.92 Å². The van der Waals surface area contributed by atoms with Gasteiger partial charge in [0.1, 0.15) is 0 Å². The second-order valence-electron chi connectivity index (χ2n) is 6.68. The van der Waals surface area contributed by atoms with Crippen LogP contribution in [-0.2, 0) is 14.8 Å². The first-order chi connectivity index (χ1) is 13.8. The fourth-order valence-electron chi connectivity index (χ4n) is 3.06. The summed E-state index contributed by atoms with van der Waals surface area (Å²) in [6, 6.07) is 12.0. The number of piperazine rings is 1. The summed E-state index contributed by atoms with van der Waals surface area (Å²) in [7, 11) is -2.02. The molecular formula is C20H23BrN2O5S. The zero-order valence-corrected chi connectivity index (χ0v) is 18.7. The van der Waals surface area contributed by atoms with Crippen molar-refractivity contribution in [3.63, 3.8) is 0 Å². The van der Waals surface area contributed by atoms with E-state index in [4.69, 9.17) is 9.47 Å². The monoisotopic (exact) mass is 482 g/mol. The van der Waals surface area contributed by atoms with Crippen LogP contribution in [0.25, 0.3) is 0 Å². The number of nitrogens with zero attached hydrogens (tertiary/aromatic N) is 2. The van der Waals surface area contributed by atoms with Crippen LogP contribution in [0.2, 0.25) is 0 Å². The summed E-state index contributed by atoms with van der Waals surface area (Å²) in [4.78, 5) is 14.4. The number of halogens is 1. The third kappa shape index (κ3) is 5.09. The quantitative estimate of drug-likeness (QED) is 0.632. The lowest BCUT2D eigenvalue weighted by Crippen LogP contribution is -2.51. The molecule has 1 amide bonds. The molecule has 0 aromatic heterocycles. The normalized spacial score (nSPS) is 15.2. The second-order valence-corrected chi connectivity index (χ2v) is 9.54. The highest BCUT2D eigenvalue weighted by atomic mass is 79.9. The molecule has 0 unspecified atom stereocenters. The van der Waals surface area contributed by atoms with Gasteiger partial charge in [-0.2, -0.15) is 4.31 Å². The summed E-state index contributed by atoms with van der Waals surface area (Å²) >= 11 is 3.30. The molecule has 9 heteroatoms. The lowest BCUT2D eigenvalue weighted by atomic mass is 10.2. The van der Waals surface area contributed by atoms with Gasteiger partial charge < -0.3 is 14.4 Å². The third-order valence-electron chi connectivity index (χ3n) is 4.71. The van der Waals surface area contributed by atoms with Crippen molar-refractivity contribution >= 4 is 31.9 Å². The van der Waals surface area contributed by atoms with Crippen LogP contribution in [0.15, 0.2) is 51.8 Å². The highest BCUT2D eigenvalue weighted by molar-refractivity contribution is 9.10. The fraction of sp³-hybridized carbons (Fsp3) is 0.350. The smallest absolute Gasteiger partial charge is 0.260 e. The molecule has 1 heterocycles. The van der Waals surface area contributed by atoms with Crippen LogP contribution in [0.5, 0.6) is 11.5 Å². The van der Waals surface area contributed by atoms with Gasteiger partial charge >= 0.3 is 0 Å². The molecule has 2 aromatic rings. The standard InChI is InChI=1S/C20H23BrN2O5S/c1-15-3-8-18(19(13-15)27-2)28-14-20(24)22-9-11-23(12-10-22)29(25,26)17-6-4-16(21)5-7-17/h3-8,13H,9-12,14H2,1-2H3. The number of sulfonamides is 1. The van der Waals surface area contributed by atoms with E-state index in [1.54, 1.807) is 42.3 Å². The van der Waals surface area contributed by atoms with E-state index in [2.05, 4.69) is 15.9 Å². The Morgan fingerprint density at radius 3 is 2.31 bits per heavy atom. The summed E-state index contributed by atoms with van der Waals surface area (Å²) in [5, 5.41) is 0. The van der Waals surface area contributed by atoms with Crippen molar-refractivity contribution in [1.82, 2.24) is 9.21 Å². The topological polar surface area (TPSA) is 76.2 Å². The maximum absolute atomic E-state index is 12.8. The van der Waals surface area contributed by atoms with Gasteiger partial charge in [0.15, 0.2) is 18.1 Å². The number of rotatable bonds is 6. The van der Waals surface area contributed by atoms with E-state index in [9.17, 15) is 13.2 Å². The number of ether oxygens (including phenoxy) is 2. The maximum Gasteiger partial charge on any atom is 0.260 e. The van der Waals surface area contributed by atoms with Crippen molar-refractivity contribution in [2.45, 2.75) is 11.8 Å². The van der Waals surface area contributed by atoms with Crippen molar-refractivity contribution in [1.29, 1.82) is 0 Å². The number of aryl methyl sites for hydroxylation is 1. The molecule has 0 aliphatic carbocycles. The zero-order chi connectivity index (χ0) is 21.0. The molecule has 1 fully saturated rings. The molecule has 2 aromatic carbocycles. The Morgan fingerprint density at radius 2 is 1.69 bits per heavy atom. The van der Waals surface area contributed by atoms with E-state index < -0.39 is 10.0 Å². The summed E-state index contributed by atoms with van der Waals surface area (Å²) in [6.07, 6.45) is 0.